The lowest BCUT2D eigenvalue weighted by atomic mass is 10.1. The summed E-state index contributed by atoms with van der Waals surface area (Å²) in [5.41, 5.74) is 1.13. The van der Waals surface area contributed by atoms with E-state index in [-0.39, 0.29) is 0 Å². The molecule has 0 aromatic heterocycles. The molecule has 0 spiro atoms. The van der Waals surface area contributed by atoms with Crippen molar-refractivity contribution in [2.75, 3.05) is 53.1 Å². The highest BCUT2D eigenvalue weighted by molar-refractivity contribution is 5.80. The standard InChI is InChI=1S/C20H33N3O3/c1-3-21-20(22-14-19(24)13-17-7-5-4-6-8-17)23-10-9-18(15-23)16-26-12-11-25-2/h4-8,18-19,24H,3,9-16H2,1-2H3,(H,21,22). The van der Waals surface area contributed by atoms with Crippen molar-refractivity contribution >= 4 is 5.96 Å². The number of aliphatic hydroxyl groups excluding tert-OH is 1. The van der Waals surface area contributed by atoms with Gasteiger partial charge in [-0.05, 0) is 18.9 Å². The molecule has 1 aliphatic heterocycles. The first kappa shape index (κ1) is 20.7. The Balaban J connectivity index is 1.80. The third-order valence-corrected chi connectivity index (χ3v) is 4.47. The maximum Gasteiger partial charge on any atom is 0.194 e. The largest absolute Gasteiger partial charge is 0.391 e. The first-order valence-electron chi connectivity index (χ1n) is 9.54. The summed E-state index contributed by atoms with van der Waals surface area (Å²) in [5, 5.41) is 13.6. The van der Waals surface area contributed by atoms with Gasteiger partial charge in [-0.2, -0.15) is 0 Å². The minimum absolute atomic E-state index is 0.405. The van der Waals surface area contributed by atoms with E-state index in [9.17, 15) is 5.11 Å². The fourth-order valence-corrected chi connectivity index (χ4v) is 3.12. The minimum Gasteiger partial charge on any atom is -0.391 e. The zero-order valence-corrected chi connectivity index (χ0v) is 16.1. The van der Waals surface area contributed by atoms with Crippen LogP contribution in [0.25, 0.3) is 0 Å². The van der Waals surface area contributed by atoms with E-state index in [1.165, 1.54) is 0 Å². The van der Waals surface area contributed by atoms with Gasteiger partial charge in [-0.1, -0.05) is 30.3 Å². The van der Waals surface area contributed by atoms with Gasteiger partial charge in [0.05, 0.1) is 32.5 Å². The molecule has 2 unspecified atom stereocenters. The molecule has 2 atom stereocenters. The van der Waals surface area contributed by atoms with Crippen LogP contribution < -0.4 is 5.32 Å². The van der Waals surface area contributed by atoms with Gasteiger partial charge in [-0.25, -0.2) is 0 Å². The average molecular weight is 364 g/mol. The second-order valence-electron chi connectivity index (χ2n) is 6.71. The zero-order valence-electron chi connectivity index (χ0n) is 16.1. The van der Waals surface area contributed by atoms with Crippen LogP contribution in [0.15, 0.2) is 35.3 Å². The maximum atomic E-state index is 10.3. The molecule has 1 aliphatic rings. The number of ether oxygens (including phenoxy) is 2. The predicted molar refractivity (Wildman–Crippen MR) is 105 cm³/mol. The molecule has 1 heterocycles. The number of aliphatic hydroxyl groups is 1. The summed E-state index contributed by atoms with van der Waals surface area (Å²) < 4.78 is 10.7. The summed E-state index contributed by atoms with van der Waals surface area (Å²) in [7, 11) is 1.69. The van der Waals surface area contributed by atoms with Crippen LogP contribution in [-0.2, 0) is 15.9 Å². The van der Waals surface area contributed by atoms with Gasteiger partial charge in [0.15, 0.2) is 5.96 Å². The third kappa shape index (κ3) is 7.32. The van der Waals surface area contributed by atoms with E-state index in [2.05, 4.69) is 22.1 Å². The summed E-state index contributed by atoms with van der Waals surface area (Å²) in [5.74, 6) is 1.41. The van der Waals surface area contributed by atoms with Gasteiger partial charge in [0.25, 0.3) is 0 Å². The fraction of sp³-hybridized carbons (Fsp3) is 0.650. The second-order valence-corrected chi connectivity index (χ2v) is 6.71. The topological polar surface area (TPSA) is 66.3 Å². The minimum atomic E-state index is -0.471. The predicted octanol–water partition coefficient (Wildman–Crippen LogP) is 1.54. The number of benzene rings is 1. The molecule has 146 valence electrons. The van der Waals surface area contributed by atoms with Crippen LogP contribution in [0.4, 0.5) is 0 Å². The molecule has 0 aliphatic carbocycles. The summed E-state index contributed by atoms with van der Waals surface area (Å²) in [6, 6.07) is 10.0. The first-order valence-corrected chi connectivity index (χ1v) is 9.54. The zero-order chi connectivity index (χ0) is 18.6. The van der Waals surface area contributed by atoms with Gasteiger partial charge in [-0.15, -0.1) is 0 Å². The van der Waals surface area contributed by atoms with Crippen LogP contribution in [0.2, 0.25) is 0 Å². The van der Waals surface area contributed by atoms with E-state index in [4.69, 9.17) is 9.47 Å². The highest BCUT2D eigenvalue weighted by atomic mass is 16.5. The molecule has 1 aromatic rings. The molecular weight excluding hydrogens is 330 g/mol. The van der Waals surface area contributed by atoms with Crippen molar-refractivity contribution in [1.82, 2.24) is 10.2 Å². The number of rotatable bonds is 10. The molecule has 1 aromatic carbocycles. The van der Waals surface area contributed by atoms with Crippen LogP contribution in [0, 0.1) is 5.92 Å². The Labute approximate surface area is 157 Å². The number of methoxy groups -OCH3 is 1. The van der Waals surface area contributed by atoms with Gasteiger partial charge in [0, 0.05) is 39.1 Å². The number of nitrogens with zero attached hydrogens (tertiary/aromatic N) is 2. The van der Waals surface area contributed by atoms with Gasteiger partial charge < -0.3 is 24.8 Å². The molecule has 6 nitrogen and oxygen atoms in total. The van der Waals surface area contributed by atoms with Gasteiger partial charge in [0.2, 0.25) is 0 Å². The summed E-state index contributed by atoms with van der Waals surface area (Å²) in [6.45, 7) is 7.24. The molecule has 0 bridgehead atoms. The summed E-state index contributed by atoms with van der Waals surface area (Å²) >= 11 is 0. The van der Waals surface area contributed by atoms with Crippen LogP contribution in [0.3, 0.4) is 0 Å². The average Bonchev–Trinajstić information content (AvgIpc) is 3.12. The highest BCUT2D eigenvalue weighted by Gasteiger charge is 2.25. The first-order chi connectivity index (χ1) is 12.7. The lowest BCUT2D eigenvalue weighted by molar-refractivity contribution is 0.0536. The molecule has 0 radical (unpaired) electrons. The normalized spacial score (nSPS) is 19.0. The number of aliphatic imine (C=N–C) groups is 1. The van der Waals surface area contributed by atoms with E-state index in [0.29, 0.717) is 32.1 Å². The van der Waals surface area contributed by atoms with Crippen molar-refractivity contribution in [3.63, 3.8) is 0 Å². The van der Waals surface area contributed by atoms with Crippen molar-refractivity contribution < 1.29 is 14.6 Å². The molecule has 2 N–H and O–H groups in total. The summed E-state index contributed by atoms with van der Waals surface area (Å²) in [4.78, 5) is 6.92. The molecule has 1 saturated heterocycles. The van der Waals surface area contributed by atoms with Crippen molar-refractivity contribution in [1.29, 1.82) is 0 Å². The number of hydrogen-bond donors (Lipinski definition) is 2. The number of nitrogens with one attached hydrogen (secondary N) is 1. The van der Waals surface area contributed by atoms with Gasteiger partial charge >= 0.3 is 0 Å². The lowest BCUT2D eigenvalue weighted by Gasteiger charge is -2.22. The van der Waals surface area contributed by atoms with E-state index in [0.717, 1.165) is 44.2 Å². The van der Waals surface area contributed by atoms with Gasteiger partial charge in [-0.3, -0.25) is 4.99 Å². The molecule has 0 saturated carbocycles. The monoisotopic (exact) mass is 363 g/mol. The fourth-order valence-electron chi connectivity index (χ4n) is 3.12. The van der Waals surface area contributed by atoms with E-state index in [1.54, 1.807) is 7.11 Å². The number of likely N-dealkylation sites (tertiary alicyclic amines) is 1. The Hall–Kier alpha value is -1.63. The van der Waals surface area contributed by atoms with E-state index >= 15 is 0 Å². The van der Waals surface area contributed by atoms with Crippen molar-refractivity contribution in [3.8, 4) is 0 Å². The molecular formula is C20H33N3O3. The maximum absolute atomic E-state index is 10.3. The number of guanidine groups is 1. The van der Waals surface area contributed by atoms with Crippen LogP contribution in [-0.4, -0.2) is 75.2 Å². The molecule has 6 heteroatoms. The van der Waals surface area contributed by atoms with Gasteiger partial charge in [0.1, 0.15) is 0 Å². The van der Waals surface area contributed by atoms with Crippen molar-refractivity contribution in [2.24, 2.45) is 10.9 Å². The van der Waals surface area contributed by atoms with Crippen molar-refractivity contribution in [2.45, 2.75) is 25.9 Å². The number of hydrogen-bond acceptors (Lipinski definition) is 4. The Bertz CT molecular complexity index is 524. The smallest absolute Gasteiger partial charge is 0.194 e. The molecule has 2 rings (SSSR count). The second kappa shape index (κ2) is 11.9. The molecule has 0 amide bonds. The van der Waals surface area contributed by atoms with Crippen LogP contribution in [0.1, 0.15) is 18.9 Å². The van der Waals surface area contributed by atoms with E-state index in [1.807, 2.05) is 30.3 Å². The third-order valence-electron chi connectivity index (χ3n) is 4.47. The van der Waals surface area contributed by atoms with Crippen molar-refractivity contribution in [3.05, 3.63) is 35.9 Å². The highest BCUT2D eigenvalue weighted by Crippen LogP contribution is 2.16. The Morgan fingerprint density at radius 3 is 2.88 bits per heavy atom. The Morgan fingerprint density at radius 2 is 2.15 bits per heavy atom. The van der Waals surface area contributed by atoms with E-state index < -0.39 is 6.10 Å². The van der Waals surface area contributed by atoms with Crippen LogP contribution in [0.5, 0.6) is 0 Å². The molecule has 1 fully saturated rings. The van der Waals surface area contributed by atoms with Crippen LogP contribution >= 0.6 is 0 Å². The SMILES string of the molecule is CCNC(=NCC(O)Cc1ccccc1)N1CCC(COCCOC)C1. The lowest BCUT2D eigenvalue weighted by Crippen LogP contribution is -2.41. The quantitative estimate of drug-likeness (QED) is 0.375. The Kier molecular flexibility index (Phi) is 9.45. The Morgan fingerprint density at radius 1 is 1.35 bits per heavy atom. The summed E-state index contributed by atoms with van der Waals surface area (Å²) in [6.07, 6.45) is 1.26. The molecule has 26 heavy (non-hydrogen) atoms.